The normalized spacial score (nSPS) is 20.4. The molecule has 27 heavy (non-hydrogen) atoms. The van der Waals surface area contributed by atoms with Gasteiger partial charge in [0.1, 0.15) is 18.1 Å². The quantitative estimate of drug-likeness (QED) is 0.577. The number of benzene rings is 1. The number of methoxy groups -OCH3 is 1. The molecule has 0 saturated carbocycles. The maximum Gasteiger partial charge on any atom is 0.328 e. The van der Waals surface area contributed by atoms with E-state index in [9.17, 15) is 19.2 Å². The zero-order valence-electron chi connectivity index (χ0n) is 15.7. The van der Waals surface area contributed by atoms with Gasteiger partial charge in [-0.15, -0.1) is 0 Å². The zero-order chi connectivity index (χ0) is 20.0. The minimum Gasteiger partial charge on any atom is -0.467 e. The van der Waals surface area contributed by atoms with Crippen molar-refractivity contribution < 1.29 is 23.9 Å². The fourth-order valence-corrected chi connectivity index (χ4v) is 2.86. The third kappa shape index (κ3) is 5.54. The highest BCUT2D eigenvalue weighted by Crippen LogP contribution is 2.09. The van der Waals surface area contributed by atoms with E-state index in [0.29, 0.717) is 6.42 Å². The first kappa shape index (κ1) is 20.4. The largest absolute Gasteiger partial charge is 0.467 e. The van der Waals surface area contributed by atoms with Crippen molar-refractivity contribution in [2.24, 2.45) is 5.92 Å². The van der Waals surface area contributed by atoms with Crippen LogP contribution in [0.1, 0.15) is 25.8 Å². The highest BCUT2D eigenvalue weighted by Gasteiger charge is 2.35. The van der Waals surface area contributed by atoms with Crippen LogP contribution in [0.5, 0.6) is 0 Å². The fraction of sp³-hybridized carbons (Fsp3) is 0.474. The predicted molar refractivity (Wildman–Crippen MR) is 97.4 cm³/mol. The summed E-state index contributed by atoms with van der Waals surface area (Å²) in [5, 5.41) is 7.80. The number of nitrogens with one attached hydrogen (secondary N) is 3. The van der Waals surface area contributed by atoms with Gasteiger partial charge in [-0.2, -0.15) is 0 Å². The summed E-state index contributed by atoms with van der Waals surface area (Å²) in [6, 6.07) is 6.87. The SMILES string of the molecule is COC(=O)[C@@H](NC(=O)C[C@@H]1NC(=O)[C@H](Cc2ccccc2)NC1=O)C(C)C. The molecule has 1 aliphatic heterocycles. The Hall–Kier alpha value is -2.90. The van der Waals surface area contributed by atoms with Crippen molar-refractivity contribution in [3.8, 4) is 0 Å². The Balaban J connectivity index is 1.93. The molecule has 0 bridgehead atoms. The van der Waals surface area contributed by atoms with E-state index < -0.39 is 35.9 Å². The minimum absolute atomic E-state index is 0.175. The van der Waals surface area contributed by atoms with Gasteiger partial charge in [-0.1, -0.05) is 44.2 Å². The lowest BCUT2D eigenvalue weighted by atomic mass is 10.00. The van der Waals surface area contributed by atoms with Crippen molar-refractivity contribution in [3.05, 3.63) is 35.9 Å². The number of carbonyl (C=O) groups excluding carboxylic acids is 4. The Morgan fingerprint density at radius 2 is 1.67 bits per heavy atom. The molecule has 3 N–H and O–H groups in total. The Morgan fingerprint density at radius 3 is 2.26 bits per heavy atom. The van der Waals surface area contributed by atoms with E-state index in [1.807, 2.05) is 30.3 Å². The van der Waals surface area contributed by atoms with Crippen molar-refractivity contribution in [3.63, 3.8) is 0 Å². The third-order valence-corrected chi connectivity index (χ3v) is 4.38. The van der Waals surface area contributed by atoms with Crippen LogP contribution in [0.15, 0.2) is 30.3 Å². The number of esters is 1. The first-order valence-electron chi connectivity index (χ1n) is 8.83. The number of hydrogen-bond acceptors (Lipinski definition) is 5. The molecule has 1 fully saturated rings. The lowest BCUT2D eigenvalue weighted by molar-refractivity contribution is -0.146. The number of amides is 3. The molecule has 0 aromatic heterocycles. The van der Waals surface area contributed by atoms with Crippen LogP contribution < -0.4 is 16.0 Å². The number of hydrogen-bond donors (Lipinski definition) is 3. The minimum atomic E-state index is -0.977. The Kier molecular flexibility index (Phi) is 6.92. The molecule has 146 valence electrons. The van der Waals surface area contributed by atoms with Gasteiger partial charge in [0.15, 0.2) is 0 Å². The van der Waals surface area contributed by atoms with Crippen LogP contribution >= 0.6 is 0 Å². The Bertz CT molecular complexity index is 705. The maximum absolute atomic E-state index is 12.3. The second-order valence-electron chi connectivity index (χ2n) is 6.83. The van der Waals surface area contributed by atoms with E-state index >= 15 is 0 Å². The second kappa shape index (κ2) is 9.16. The zero-order valence-corrected chi connectivity index (χ0v) is 15.7. The average molecular weight is 375 g/mol. The van der Waals surface area contributed by atoms with Gasteiger partial charge in [0.2, 0.25) is 17.7 Å². The van der Waals surface area contributed by atoms with E-state index in [0.717, 1.165) is 5.56 Å². The van der Waals surface area contributed by atoms with E-state index in [4.69, 9.17) is 0 Å². The van der Waals surface area contributed by atoms with Gasteiger partial charge < -0.3 is 20.7 Å². The number of ether oxygens (including phenoxy) is 1. The van der Waals surface area contributed by atoms with Gasteiger partial charge in [0.25, 0.3) is 0 Å². The van der Waals surface area contributed by atoms with Crippen molar-refractivity contribution in [1.82, 2.24) is 16.0 Å². The molecule has 0 radical (unpaired) electrons. The summed E-state index contributed by atoms with van der Waals surface area (Å²) in [5.41, 5.74) is 0.923. The van der Waals surface area contributed by atoms with Crippen LogP contribution in [-0.4, -0.2) is 48.9 Å². The molecule has 1 saturated heterocycles. The number of rotatable bonds is 7. The van der Waals surface area contributed by atoms with Crippen molar-refractivity contribution >= 4 is 23.7 Å². The first-order valence-corrected chi connectivity index (χ1v) is 8.83. The molecule has 1 aromatic carbocycles. The Labute approximate surface area is 158 Å². The molecule has 3 amide bonds. The highest BCUT2D eigenvalue weighted by atomic mass is 16.5. The molecule has 8 nitrogen and oxygen atoms in total. The van der Waals surface area contributed by atoms with E-state index in [2.05, 4.69) is 20.7 Å². The molecule has 0 unspecified atom stereocenters. The summed E-state index contributed by atoms with van der Waals surface area (Å²) in [4.78, 5) is 48.5. The van der Waals surface area contributed by atoms with Gasteiger partial charge in [-0.25, -0.2) is 4.79 Å². The highest BCUT2D eigenvalue weighted by molar-refractivity contribution is 5.99. The van der Waals surface area contributed by atoms with Gasteiger partial charge in [0.05, 0.1) is 13.5 Å². The van der Waals surface area contributed by atoms with Gasteiger partial charge in [-0.3, -0.25) is 14.4 Å². The van der Waals surface area contributed by atoms with Crippen LogP contribution in [-0.2, 0) is 30.3 Å². The van der Waals surface area contributed by atoms with Gasteiger partial charge in [-0.05, 0) is 11.5 Å². The van der Waals surface area contributed by atoms with Crippen LogP contribution in [0.25, 0.3) is 0 Å². The second-order valence-corrected chi connectivity index (χ2v) is 6.83. The molecule has 8 heteroatoms. The molecular weight excluding hydrogens is 350 g/mol. The van der Waals surface area contributed by atoms with Crippen molar-refractivity contribution in [2.75, 3.05) is 7.11 Å². The average Bonchev–Trinajstić information content (AvgIpc) is 2.63. The maximum atomic E-state index is 12.3. The molecule has 1 aromatic rings. The molecule has 1 aliphatic rings. The lowest BCUT2D eigenvalue weighted by Gasteiger charge is -2.30. The van der Waals surface area contributed by atoms with Crippen molar-refractivity contribution in [1.29, 1.82) is 0 Å². The van der Waals surface area contributed by atoms with E-state index in [1.165, 1.54) is 7.11 Å². The van der Waals surface area contributed by atoms with Crippen LogP contribution in [0.3, 0.4) is 0 Å². The van der Waals surface area contributed by atoms with E-state index in [1.54, 1.807) is 13.8 Å². The third-order valence-electron chi connectivity index (χ3n) is 4.38. The number of carbonyl (C=O) groups is 4. The monoisotopic (exact) mass is 375 g/mol. The smallest absolute Gasteiger partial charge is 0.328 e. The molecule has 2 rings (SSSR count). The molecular formula is C19H25N3O5. The molecule has 0 aliphatic carbocycles. The summed E-state index contributed by atoms with van der Waals surface area (Å²) >= 11 is 0. The standard InChI is InChI=1S/C19H25N3O5/c1-11(2)16(19(26)27-3)22-15(23)10-14-18(25)20-13(17(24)21-14)9-12-7-5-4-6-8-12/h4-8,11,13-14,16H,9-10H2,1-3H3,(H,20,25)(H,21,24)(H,22,23)/t13-,14-,16-/m0/s1. The number of piperazine rings is 1. The molecule has 3 atom stereocenters. The fourth-order valence-electron chi connectivity index (χ4n) is 2.86. The lowest BCUT2D eigenvalue weighted by Crippen LogP contribution is -2.63. The molecule has 1 heterocycles. The summed E-state index contributed by atoms with van der Waals surface area (Å²) in [7, 11) is 1.24. The van der Waals surface area contributed by atoms with Crippen LogP contribution in [0.4, 0.5) is 0 Å². The van der Waals surface area contributed by atoms with Crippen molar-refractivity contribution in [2.45, 2.75) is 44.8 Å². The molecule has 0 spiro atoms. The van der Waals surface area contributed by atoms with Gasteiger partial charge in [0, 0.05) is 6.42 Å². The summed E-state index contributed by atoms with van der Waals surface area (Å²) in [6.07, 6.45) is 0.116. The summed E-state index contributed by atoms with van der Waals surface area (Å²) < 4.78 is 4.67. The predicted octanol–water partition coefficient (Wildman–Crippen LogP) is -0.0838. The van der Waals surface area contributed by atoms with Crippen LogP contribution in [0, 0.1) is 5.92 Å². The topological polar surface area (TPSA) is 114 Å². The van der Waals surface area contributed by atoms with E-state index in [-0.39, 0.29) is 18.2 Å². The Morgan fingerprint density at radius 1 is 1.07 bits per heavy atom. The summed E-state index contributed by atoms with van der Waals surface area (Å²) in [5.74, 6) is -2.01. The first-order chi connectivity index (χ1) is 12.8. The summed E-state index contributed by atoms with van der Waals surface area (Å²) in [6.45, 7) is 3.54. The van der Waals surface area contributed by atoms with Gasteiger partial charge >= 0.3 is 5.97 Å². The van der Waals surface area contributed by atoms with Crippen LogP contribution in [0.2, 0.25) is 0 Å².